The van der Waals surface area contributed by atoms with Crippen LogP contribution in [-0.2, 0) is 19.1 Å². The lowest BCUT2D eigenvalue weighted by Gasteiger charge is -2.33. The monoisotopic (exact) mass is 452 g/mol. The van der Waals surface area contributed by atoms with Crippen LogP contribution in [-0.4, -0.2) is 55.5 Å². The number of amides is 2. The van der Waals surface area contributed by atoms with Gasteiger partial charge in [0.15, 0.2) is 0 Å². The maximum absolute atomic E-state index is 12.5. The fourth-order valence-corrected chi connectivity index (χ4v) is 4.52. The molecule has 33 heavy (non-hydrogen) atoms. The van der Waals surface area contributed by atoms with Crippen molar-refractivity contribution in [3.05, 3.63) is 59.7 Å². The van der Waals surface area contributed by atoms with Gasteiger partial charge in [0, 0.05) is 25.7 Å². The zero-order valence-electron chi connectivity index (χ0n) is 18.5. The molecule has 4 rings (SSSR count). The molecule has 0 saturated carbocycles. The highest BCUT2D eigenvalue weighted by Gasteiger charge is 2.40. The van der Waals surface area contributed by atoms with E-state index in [1.165, 1.54) is 6.92 Å². The van der Waals surface area contributed by atoms with E-state index in [9.17, 15) is 19.5 Å². The molecule has 8 heteroatoms. The lowest BCUT2D eigenvalue weighted by molar-refractivity contribution is -0.154. The predicted molar refractivity (Wildman–Crippen MR) is 121 cm³/mol. The first kappa shape index (κ1) is 22.8. The molecule has 1 aliphatic carbocycles. The summed E-state index contributed by atoms with van der Waals surface area (Å²) in [4.78, 5) is 36.6. The normalized spacial score (nSPS) is 17.4. The van der Waals surface area contributed by atoms with Crippen LogP contribution in [0.15, 0.2) is 48.5 Å². The van der Waals surface area contributed by atoms with E-state index in [-0.39, 0.29) is 19.1 Å². The molecule has 0 unspecified atom stereocenters. The Labute approximate surface area is 192 Å². The van der Waals surface area contributed by atoms with E-state index in [1.54, 1.807) is 0 Å². The van der Waals surface area contributed by atoms with Crippen LogP contribution < -0.4 is 10.6 Å². The third-order valence-corrected chi connectivity index (χ3v) is 6.58. The summed E-state index contributed by atoms with van der Waals surface area (Å²) in [5.41, 5.74) is 3.43. The Bertz CT molecular complexity index is 1000. The Morgan fingerprint density at radius 1 is 1.06 bits per heavy atom. The average Bonchev–Trinajstić information content (AvgIpc) is 3.15. The molecule has 174 valence electrons. The zero-order valence-corrected chi connectivity index (χ0v) is 18.5. The van der Waals surface area contributed by atoms with Crippen molar-refractivity contribution in [3.63, 3.8) is 0 Å². The maximum Gasteiger partial charge on any atom is 0.407 e. The minimum atomic E-state index is -1.04. The van der Waals surface area contributed by atoms with Crippen molar-refractivity contribution in [2.75, 3.05) is 26.4 Å². The smallest absolute Gasteiger partial charge is 0.407 e. The van der Waals surface area contributed by atoms with Crippen LogP contribution in [0.4, 0.5) is 4.79 Å². The summed E-state index contributed by atoms with van der Waals surface area (Å²) < 4.78 is 10.7. The molecule has 0 bridgehead atoms. The van der Waals surface area contributed by atoms with Gasteiger partial charge in [-0.1, -0.05) is 48.5 Å². The van der Waals surface area contributed by atoms with E-state index in [1.807, 2.05) is 36.4 Å². The molecule has 1 heterocycles. The first-order valence-corrected chi connectivity index (χ1v) is 11.1. The van der Waals surface area contributed by atoms with Gasteiger partial charge in [0.2, 0.25) is 5.91 Å². The highest BCUT2D eigenvalue weighted by atomic mass is 16.5. The van der Waals surface area contributed by atoms with Gasteiger partial charge >= 0.3 is 12.1 Å². The number of nitrogens with one attached hydrogen (secondary N) is 2. The predicted octanol–water partition coefficient (Wildman–Crippen LogP) is 2.91. The second-order valence-electron chi connectivity index (χ2n) is 8.61. The second-order valence-corrected chi connectivity index (χ2v) is 8.61. The van der Waals surface area contributed by atoms with Gasteiger partial charge in [-0.25, -0.2) is 4.79 Å². The number of hydrogen-bond donors (Lipinski definition) is 3. The Morgan fingerprint density at radius 3 is 2.21 bits per heavy atom. The fourth-order valence-electron chi connectivity index (χ4n) is 4.52. The van der Waals surface area contributed by atoms with Crippen LogP contribution in [0.25, 0.3) is 11.1 Å². The molecule has 2 aromatic rings. The van der Waals surface area contributed by atoms with Crippen LogP contribution in [0.2, 0.25) is 0 Å². The van der Waals surface area contributed by atoms with Gasteiger partial charge in [-0.2, -0.15) is 0 Å². The Morgan fingerprint density at radius 2 is 1.64 bits per heavy atom. The third kappa shape index (κ3) is 4.71. The molecule has 2 amide bonds. The molecule has 3 N–H and O–H groups in total. The summed E-state index contributed by atoms with van der Waals surface area (Å²) in [7, 11) is 0. The van der Waals surface area contributed by atoms with Gasteiger partial charge in [-0.15, -0.1) is 0 Å². The maximum atomic E-state index is 12.5. The van der Waals surface area contributed by atoms with Crippen LogP contribution in [0.5, 0.6) is 0 Å². The molecule has 0 aromatic heterocycles. The number of ether oxygens (including phenoxy) is 2. The number of rotatable bonds is 7. The Kier molecular flexibility index (Phi) is 6.65. The number of carbonyl (C=O) groups is 3. The Hall–Kier alpha value is -3.39. The van der Waals surface area contributed by atoms with Crippen molar-refractivity contribution in [2.45, 2.75) is 31.7 Å². The van der Waals surface area contributed by atoms with E-state index in [2.05, 4.69) is 22.8 Å². The summed E-state index contributed by atoms with van der Waals surface area (Å²) in [6.07, 6.45) is -0.0355. The lowest BCUT2D eigenvalue weighted by Crippen LogP contribution is -2.51. The summed E-state index contributed by atoms with van der Waals surface area (Å²) >= 11 is 0. The van der Waals surface area contributed by atoms with Crippen LogP contribution in [0, 0.1) is 5.41 Å². The van der Waals surface area contributed by atoms with Gasteiger partial charge in [-0.3, -0.25) is 9.59 Å². The molecule has 0 spiro atoms. The van der Waals surface area contributed by atoms with E-state index in [4.69, 9.17) is 9.47 Å². The van der Waals surface area contributed by atoms with Crippen molar-refractivity contribution < 1.29 is 29.0 Å². The van der Waals surface area contributed by atoms with Crippen molar-refractivity contribution in [3.8, 4) is 11.1 Å². The van der Waals surface area contributed by atoms with Crippen LogP contribution in [0.1, 0.15) is 36.8 Å². The number of fused-ring (bicyclic) bond motifs is 3. The van der Waals surface area contributed by atoms with E-state index < -0.39 is 29.4 Å². The minimum Gasteiger partial charge on any atom is -0.481 e. The van der Waals surface area contributed by atoms with Crippen molar-refractivity contribution in [1.82, 2.24) is 10.6 Å². The van der Waals surface area contributed by atoms with Crippen molar-refractivity contribution in [1.29, 1.82) is 0 Å². The van der Waals surface area contributed by atoms with Crippen LogP contribution >= 0.6 is 0 Å². The van der Waals surface area contributed by atoms with Gasteiger partial charge < -0.3 is 25.2 Å². The number of benzene rings is 2. The van der Waals surface area contributed by atoms with Gasteiger partial charge in [0.05, 0.1) is 5.41 Å². The van der Waals surface area contributed by atoms with E-state index in [0.717, 1.165) is 22.3 Å². The quantitative estimate of drug-likeness (QED) is 0.595. The van der Waals surface area contributed by atoms with E-state index >= 15 is 0 Å². The number of carboxylic acids is 1. The first-order valence-electron chi connectivity index (χ1n) is 11.1. The second kappa shape index (κ2) is 9.62. The van der Waals surface area contributed by atoms with Crippen LogP contribution in [0.3, 0.4) is 0 Å². The fraction of sp³-hybridized carbons (Fsp3) is 0.400. The van der Waals surface area contributed by atoms with Gasteiger partial charge in [0.1, 0.15) is 12.6 Å². The molecule has 1 saturated heterocycles. The lowest BCUT2D eigenvalue weighted by atomic mass is 9.80. The number of aliphatic carboxylic acids is 1. The number of hydrogen-bond acceptors (Lipinski definition) is 5. The topological polar surface area (TPSA) is 114 Å². The van der Waals surface area contributed by atoms with E-state index in [0.29, 0.717) is 26.1 Å². The third-order valence-electron chi connectivity index (χ3n) is 6.58. The van der Waals surface area contributed by atoms with Crippen molar-refractivity contribution in [2.24, 2.45) is 5.41 Å². The number of alkyl carbamates (subject to hydrolysis) is 1. The number of carbonyl (C=O) groups excluding carboxylic acids is 2. The molecule has 1 atom stereocenters. The summed E-state index contributed by atoms with van der Waals surface area (Å²) in [6.45, 7) is 2.36. The van der Waals surface area contributed by atoms with Crippen molar-refractivity contribution >= 4 is 18.0 Å². The zero-order chi connectivity index (χ0) is 23.4. The molecule has 2 aromatic carbocycles. The molecular formula is C25H28N2O6. The number of carboxylic acid groups (broad SMARTS) is 1. The minimum absolute atomic E-state index is 0.0127. The largest absolute Gasteiger partial charge is 0.481 e. The average molecular weight is 453 g/mol. The molecular weight excluding hydrogens is 424 g/mol. The molecule has 1 fully saturated rings. The Balaban J connectivity index is 1.31. The molecule has 8 nitrogen and oxygen atoms in total. The highest BCUT2D eigenvalue weighted by Crippen LogP contribution is 2.44. The van der Waals surface area contributed by atoms with Gasteiger partial charge in [0.25, 0.3) is 0 Å². The molecule has 1 aliphatic heterocycles. The SMILES string of the molecule is C[C@H](NC(=O)OCC1c2ccccc2-c2ccccc21)C(=O)NCC1(C(=O)O)CCOCC1. The first-order chi connectivity index (χ1) is 15.9. The van der Waals surface area contributed by atoms with Gasteiger partial charge in [-0.05, 0) is 42.0 Å². The summed E-state index contributed by atoms with van der Waals surface area (Å²) in [6, 6.07) is 15.2. The molecule has 0 radical (unpaired) electrons. The molecule has 2 aliphatic rings. The standard InChI is InChI=1S/C25H28N2O6/c1-16(22(28)26-15-25(23(29)30)10-12-32-13-11-25)27-24(31)33-14-21-19-8-4-2-6-17(19)18-7-3-5-9-20(18)21/h2-9,16,21H,10-15H2,1H3,(H,26,28)(H,27,31)(H,29,30)/t16-/m0/s1. The summed E-state index contributed by atoms with van der Waals surface area (Å²) in [5, 5.41) is 14.8. The highest BCUT2D eigenvalue weighted by molar-refractivity contribution is 5.86. The summed E-state index contributed by atoms with van der Waals surface area (Å²) in [5.74, 6) is -1.49.